The highest BCUT2D eigenvalue weighted by Gasteiger charge is 2.23. The van der Waals surface area contributed by atoms with Crippen LogP contribution < -0.4 is 0 Å². The minimum atomic E-state index is 0.0805. The quantitative estimate of drug-likeness (QED) is 0.731. The average Bonchev–Trinajstić information content (AvgIpc) is 2.25. The maximum Gasteiger partial charge on any atom is 0.248 e. The van der Waals surface area contributed by atoms with Gasteiger partial charge in [-0.25, -0.2) is 0 Å². The molecule has 0 spiro atoms. The van der Waals surface area contributed by atoms with Crippen LogP contribution in [-0.4, -0.2) is 30.1 Å². The molecule has 3 nitrogen and oxygen atoms in total. The van der Waals surface area contributed by atoms with E-state index < -0.39 is 0 Å². The minimum Gasteiger partial charge on any atom is -0.367 e. The molecule has 1 heterocycles. The van der Waals surface area contributed by atoms with Gasteiger partial charge in [-0.2, -0.15) is 0 Å². The molecular formula is C12H15NO2. The molecule has 1 aromatic rings. The van der Waals surface area contributed by atoms with E-state index in [0.29, 0.717) is 13.1 Å². The van der Waals surface area contributed by atoms with Crippen LogP contribution in [0.15, 0.2) is 30.3 Å². The Labute approximate surface area is 89.7 Å². The maximum absolute atomic E-state index is 11.5. The third kappa shape index (κ3) is 2.57. The van der Waals surface area contributed by atoms with E-state index in [1.807, 2.05) is 42.2 Å². The number of carbonyl (C=O) groups is 1. The van der Waals surface area contributed by atoms with Gasteiger partial charge in [-0.1, -0.05) is 30.3 Å². The van der Waals surface area contributed by atoms with E-state index in [0.717, 1.165) is 0 Å². The van der Waals surface area contributed by atoms with Crippen molar-refractivity contribution in [2.45, 2.75) is 19.6 Å². The monoisotopic (exact) mass is 205 g/mol. The molecule has 1 aromatic carbocycles. The number of hydrogen-bond acceptors (Lipinski definition) is 2. The Morgan fingerprint density at radius 3 is 2.87 bits per heavy atom. The van der Waals surface area contributed by atoms with E-state index in [1.165, 1.54) is 5.56 Å². The van der Waals surface area contributed by atoms with Crippen LogP contribution >= 0.6 is 0 Å². The van der Waals surface area contributed by atoms with E-state index in [9.17, 15) is 4.79 Å². The third-order valence-electron chi connectivity index (χ3n) is 2.54. The zero-order valence-electron chi connectivity index (χ0n) is 8.85. The fourth-order valence-corrected chi connectivity index (χ4v) is 1.73. The molecule has 1 saturated heterocycles. The maximum atomic E-state index is 11.5. The molecule has 2 rings (SSSR count). The summed E-state index contributed by atoms with van der Waals surface area (Å²) >= 11 is 0. The largest absolute Gasteiger partial charge is 0.367 e. The Bertz CT molecular complexity index is 337. The van der Waals surface area contributed by atoms with Gasteiger partial charge in [0.2, 0.25) is 5.91 Å². The predicted octanol–water partition coefficient (Wildman–Crippen LogP) is 1.43. The van der Waals surface area contributed by atoms with E-state index in [-0.39, 0.29) is 18.6 Å². The van der Waals surface area contributed by atoms with Crippen molar-refractivity contribution in [3.8, 4) is 0 Å². The molecule has 1 amide bonds. The Balaban J connectivity index is 2.01. The Hall–Kier alpha value is -1.35. The minimum absolute atomic E-state index is 0.0805. The highest BCUT2D eigenvalue weighted by molar-refractivity contribution is 5.78. The zero-order valence-corrected chi connectivity index (χ0v) is 8.85. The molecule has 1 aliphatic rings. The van der Waals surface area contributed by atoms with Gasteiger partial charge in [0, 0.05) is 13.1 Å². The molecule has 80 valence electrons. The van der Waals surface area contributed by atoms with Crippen molar-refractivity contribution < 1.29 is 9.53 Å². The summed E-state index contributed by atoms with van der Waals surface area (Å²) in [6, 6.07) is 10.0. The van der Waals surface area contributed by atoms with Crippen LogP contribution in [0.1, 0.15) is 12.5 Å². The van der Waals surface area contributed by atoms with Gasteiger partial charge in [-0.3, -0.25) is 4.79 Å². The summed E-state index contributed by atoms with van der Waals surface area (Å²) in [6.45, 7) is 3.58. The Morgan fingerprint density at radius 1 is 1.40 bits per heavy atom. The second-order valence-corrected chi connectivity index (χ2v) is 3.88. The topological polar surface area (TPSA) is 29.5 Å². The molecule has 0 aliphatic carbocycles. The summed E-state index contributed by atoms with van der Waals surface area (Å²) < 4.78 is 5.27. The molecule has 0 radical (unpaired) electrons. The summed E-state index contributed by atoms with van der Waals surface area (Å²) in [7, 11) is 0. The molecular weight excluding hydrogens is 190 g/mol. The van der Waals surface area contributed by atoms with Gasteiger partial charge < -0.3 is 9.64 Å². The number of amides is 1. The number of hydrogen-bond donors (Lipinski definition) is 0. The van der Waals surface area contributed by atoms with Crippen LogP contribution in [0, 0.1) is 0 Å². The lowest BCUT2D eigenvalue weighted by Gasteiger charge is -2.31. The van der Waals surface area contributed by atoms with Gasteiger partial charge in [0.05, 0.1) is 6.10 Å². The lowest BCUT2D eigenvalue weighted by molar-refractivity contribution is -0.148. The van der Waals surface area contributed by atoms with E-state index in [1.54, 1.807) is 0 Å². The van der Waals surface area contributed by atoms with Crippen molar-refractivity contribution in [2.75, 3.05) is 13.2 Å². The van der Waals surface area contributed by atoms with Crippen molar-refractivity contribution in [2.24, 2.45) is 0 Å². The smallest absolute Gasteiger partial charge is 0.248 e. The van der Waals surface area contributed by atoms with E-state index in [2.05, 4.69) is 0 Å². The summed E-state index contributed by atoms with van der Waals surface area (Å²) in [5.74, 6) is 0.0805. The van der Waals surface area contributed by atoms with Gasteiger partial charge in [-0.15, -0.1) is 0 Å². The zero-order chi connectivity index (χ0) is 10.7. The number of ether oxygens (including phenoxy) is 1. The second-order valence-electron chi connectivity index (χ2n) is 3.88. The SMILES string of the molecule is CC1CN(Cc2ccccc2)C(=O)CO1. The highest BCUT2D eigenvalue weighted by atomic mass is 16.5. The molecule has 1 fully saturated rings. The van der Waals surface area contributed by atoms with Crippen molar-refractivity contribution in [3.63, 3.8) is 0 Å². The van der Waals surface area contributed by atoms with E-state index >= 15 is 0 Å². The van der Waals surface area contributed by atoms with E-state index in [4.69, 9.17) is 4.74 Å². The van der Waals surface area contributed by atoms with Crippen LogP contribution in [0.4, 0.5) is 0 Å². The normalized spacial score (nSPS) is 21.8. The highest BCUT2D eigenvalue weighted by Crippen LogP contribution is 2.10. The standard InChI is InChI=1S/C12H15NO2/c1-10-7-13(12(14)9-15-10)8-11-5-3-2-4-6-11/h2-6,10H,7-9H2,1H3. The first kappa shape index (κ1) is 10.2. The fourth-order valence-electron chi connectivity index (χ4n) is 1.73. The summed E-state index contributed by atoms with van der Waals surface area (Å²) in [5.41, 5.74) is 1.17. The first-order valence-corrected chi connectivity index (χ1v) is 5.19. The van der Waals surface area contributed by atoms with Crippen LogP contribution in [0.3, 0.4) is 0 Å². The Kier molecular flexibility index (Phi) is 3.02. The third-order valence-corrected chi connectivity index (χ3v) is 2.54. The fraction of sp³-hybridized carbons (Fsp3) is 0.417. The number of carbonyl (C=O) groups excluding carboxylic acids is 1. The molecule has 3 heteroatoms. The molecule has 0 saturated carbocycles. The van der Waals surface area contributed by atoms with Gasteiger partial charge in [-0.05, 0) is 12.5 Å². The predicted molar refractivity (Wildman–Crippen MR) is 57.3 cm³/mol. The molecule has 0 N–H and O–H groups in total. The molecule has 15 heavy (non-hydrogen) atoms. The van der Waals surface area contributed by atoms with Crippen LogP contribution in [0.25, 0.3) is 0 Å². The lowest BCUT2D eigenvalue weighted by Crippen LogP contribution is -2.44. The summed E-state index contributed by atoms with van der Waals surface area (Å²) in [4.78, 5) is 13.4. The average molecular weight is 205 g/mol. The van der Waals surface area contributed by atoms with Crippen LogP contribution in [0.2, 0.25) is 0 Å². The second kappa shape index (κ2) is 4.45. The van der Waals surface area contributed by atoms with Gasteiger partial charge in [0.25, 0.3) is 0 Å². The van der Waals surface area contributed by atoms with Crippen LogP contribution in [-0.2, 0) is 16.1 Å². The molecule has 0 aromatic heterocycles. The number of nitrogens with zero attached hydrogens (tertiary/aromatic N) is 1. The van der Waals surface area contributed by atoms with Gasteiger partial charge in [0.15, 0.2) is 0 Å². The number of morpholine rings is 1. The van der Waals surface area contributed by atoms with Crippen LogP contribution in [0.5, 0.6) is 0 Å². The first-order chi connectivity index (χ1) is 7.25. The number of benzene rings is 1. The first-order valence-electron chi connectivity index (χ1n) is 5.19. The van der Waals surface area contributed by atoms with Crippen molar-refractivity contribution in [1.82, 2.24) is 4.90 Å². The lowest BCUT2D eigenvalue weighted by atomic mass is 10.2. The molecule has 0 bridgehead atoms. The van der Waals surface area contributed by atoms with Crippen molar-refractivity contribution >= 4 is 5.91 Å². The van der Waals surface area contributed by atoms with Crippen molar-refractivity contribution in [1.29, 1.82) is 0 Å². The van der Waals surface area contributed by atoms with Gasteiger partial charge >= 0.3 is 0 Å². The summed E-state index contributed by atoms with van der Waals surface area (Å²) in [5, 5.41) is 0. The van der Waals surface area contributed by atoms with Gasteiger partial charge in [0.1, 0.15) is 6.61 Å². The summed E-state index contributed by atoms with van der Waals surface area (Å²) in [6.07, 6.45) is 0.145. The number of rotatable bonds is 2. The molecule has 1 atom stereocenters. The van der Waals surface area contributed by atoms with Crippen molar-refractivity contribution in [3.05, 3.63) is 35.9 Å². The molecule has 1 unspecified atom stereocenters. The molecule has 1 aliphatic heterocycles. The Morgan fingerprint density at radius 2 is 2.13 bits per heavy atom.